The van der Waals surface area contributed by atoms with Gasteiger partial charge >= 0.3 is 5.69 Å². The van der Waals surface area contributed by atoms with Crippen molar-refractivity contribution in [1.82, 2.24) is 9.78 Å². The molecular weight excluding hydrogens is 260 g/mol. The van der Waals surface area contributed by atoms with Gasteiger partial charge < -0.3 is 10.1 Å². The fraction of sp³-hybridized carbons (Fsp3) is 0.769. The third kappa shape index (κ3) is 3.69. The van der Waals surface area contributed by atoms with Gasteiger partial charge in [0.05, 0.1) is 17.6 Å². The second-order valence-corrected chi connectivity index (χ2v) is 5.20. The summed E-state index contributed by atoms with van der Waals surface area (Å²) < 4.78 is 6.71. The van der Waals surface area contributed by atoms with E-state index >= 15 is 0 Å². The van der Waals surface area contributed by atoms with E-state index in [0.717, 1.165) is 12.8 Å². The molecule has 1 aromatic rings. The topological polar surface area (TPSA) is 82.2 Å². The van der Waals surface area contributed by atoms with Crippen LogP contribution in [0, 0.1) is 10.1 Å². The number of anilines is 1. The average Bonchev–Trinajstić information content (AvgIpc) is 2.68. The Bertz CT molecular complexity index is 451. The van der Waals surface area contributed by atoms with Gasteiger partial charge in [0, 0.05) is 20.1 Å². The van der Waals surface area contributed by atoms with E-state index in [-0.39, 0.29) is 22.6 Å². The molecule has 1 atom stereocenters. The molecule has 0 radical (unpaired) electrons. The summed E-state index contributed by atoms with van der Waals surface area (Å²) in [5.41, 5.74) is 0.576. The summed E-state index contributed by atoms with van der Waals surface area (Å²) >= 11 is 0. The van der Waals surface area contributed by atoms with E-state index in [9.17, 15) is 10.1 Å². The summed E-state index contributed by atoms with van der Waals surface area (Å²) in [7, 11) is 3.35. The molecule has 0 fully saturated rings. The van der Waals surface area contributed by atoms with Crippen LogP contribution >= 0.6 is 0 Å². The Morgan fingerprint density at radius 3 is 2.60 bits per heavy atom. The highest BCUT2D eigenvalue weighted by Gasteiger charge is 2.29. The maximum absolute atomic E-state index is 11.3. The molecule has 1 heterocycles. The van der Waals surface area contributed by atoms with Crippen LogP contribution in [0.15, 0.2) is 0 Å². The summed E-state index contributed by atoms with van der Waals surface area (Å²) in [6.45, 7) is 6.38. The van der Waals surface area contributed by atoms with Crippen LogP contribution in [-0.4, -0.2) is 34.5 Å². The van der Waals surface area contributed by atoms with Crippen molar-refractivity contribution in [2.75, 3.05) is 19.0 Å². The number of methoxy groups -OCH3 is 1. The average molecular weight is 284 g/mol. The van der Waals surface area contributed by atoms with E-state index in [1.165, 1.54) is 0 Å². The molecule has 0 amide bonds. The van der Waals surface area contributed by atoms with Gasteiger partial charge in [-0.1, -0.05) is 27.2 Å². The molecule has 1 unspecified atom stereocenters. The van der Waals surface area contributed by atoms with E-state index in [2.05, 4.69) is 17.3 Å². The van der Waals surface area contributed by atoms with Gasteiger partial charge in [-0.3, -0.25) is 10.1 Å². The number of nitrogens with zero attached hydrogens (tertiary/aromatic N) is 3. The van der Waals surface area contributed by atoms with Crippen molar-refractivity contribution in [3.8, 4) is 0 Å². The zero-order valence-electron chi connectivity index (χ0n) is 12.8. The molecule has 7 nitrogen and oxygen atoms in total. The van der Waals surface area contributed by atoms with Crippen molar-refractivity contribution in [2.45, 2.75) is 45.6 Å². The van der Waals surface area contributed by atoms with Crippen LogP contribution in [0.3, 0.4) is 0 Å². The molecule has 0 aromatic carbocycles. The number of nitrogens with one attached hydrogen (secondary N) is 1. The number of nitro groups is 1. The van der Waals surface area contributed by atoms with Crippen LogP contribution in [0.4, 0.5) is 11.5 Å². The summed E-state index contributed by atoms with van der Waals surface area (Å²) in [6, 6.07) is 0.0408. The van der Waals surface area contributed by atoms with Crippen molar-refractivity contribution in [3.63, 3.8) is 0 Å². The Morgan fingerprint density at radius 2 is 2.15 bits per heavy atom. The SMILES string of the molecule is CCCC(COC)Nc1c([N+](=O)[O-])c(C(C)C)nn1C. The number of aryl methyl sites for hydroxylation is 1. The molecule has 0 saturated carbocycles. The van der Waals surface area contributed by atoms with Gasteiger partial charge in [-0.15, -0.1) is 0 Å². The van der Waals surface area contributed by atoms with Gasteiger partial charge in [-0.2, -0.15) is 5.10 Å². The number of ether oxygens (including phenoxy) is 1. The van der Waals surface area contributed by atoms with Crippen molar-refractivity contribution in [1.29, 1.82) is 0 Å². The molecule has 0 saturated heterocycles. The molecule has 0 aliphatic rings. The highest BCUT2D eigenvalue weighted by molar-refractivity contribution is 5.61. The maximum Gasteiger partial charge on any atom is 0.334 e. The zero-order chi connectivity index (χ0) is 15.3. The molecular formula is C13H24N4O3. The summed E-state index contributed by atoms with van der Waals surface area (Å²) in [6.07, 6.45) is 1.86. The van der Waals surface area contributed by atoms with E-state index in [1.54, 1.807) is 18.8 Å². The van der Waals surface area contributed by atoms with Crippen molar-refractivity contribution >= 4 is 11.5 Å². The fourth-order valence-corrected chi connectivity index (χ4v) is 2.20. The number of hydrogen-bond acceptors (Lipinski definition) is 5. The minimum Gasteiger partial charge on any atom is -0.383 e. The Morgan fingerprint density at radius 1 is 1.50 bits per heavy atom. The minimum atomic E-state index is -0.361. The lowest BCUT2D eigenvalue weighted by atomic mass is 10.1. The van der Waals surface area contributed by atoms with E-state index in [4.69, 9.17) is 4.74 Å². The number of aromatic nitrogens is 2. The van der Waals surface area contributed by atoms with Gasteiger partial charge in [0.1, 0.15) is 5.69 Å². The smallest absolute Gasteiger partial charge is 0.334 e. The lowest BCUT2D eigenvalue weighted by molar-refractivity contribution is -0.384. The fourth-order valence-electron chi connectivity index (χ4n) is 2.20. The molecule has 0 aliphatic heterocycles. The Balaban J connectivity index is 3.12. The van der Waals surface area contributed by atoms with Crippen LogP contribution in [0.1, 0.15) is 45.2 Å². The predicted molar refractivity (Wildman–Crippen MR) is 78.1 cm³/mol. The summed E-state index contributed by atoms with van der Waals surface area (Å²) in [4.78, 5) is 11.0. The monoisotopic (exact) mass is 284 g/mol. The Kier molecular flexibility index (Phi) is 5.94. The second-order valence-electron chi connectivity index (χ2n) is 5.20. The highest BCUT2D eigenvalue weighted by Crippen LogP contribution is 2.33. The highest BCUT2D eigenvalue weighted by atomic mass is 16.6. The lowest BCUT2D eigenvalue weighted by Gasteiger charge is -2.17. The zero-order valence-corrected chi connectivity index (χ0v) is 12.8. The largest absolute Gasteiger partial charge is 0.383 e. The number of rotatable bonds is 8. The molecule has 0 spiro atoms. The molecule has 114 valence electrons. The first-order valence-electron chi connectivity index (χ1n) is 6.89. The molecule has 0 bridgehead atoms. The molecule has 20 heavy (non-hydrogen) atoms. The lowest BCUT2D eigenvalue weighted by Crippen LogP contribution is -2.26. The third-order valence-electron chi connectivity index (χ3n) is 3.12. The van der Waals surface area contributed by atoms with E-state index in [0.29, 0.717) is 18.1 Å². The molecule has 7 heteroatoms. The van der Waals surface area contributed by atoms with Crippen molar-refractivity contribution < 1.29 is 9.66 Å². The van der Waals surface area contributed by atoms with Crippen LogP contribution in [0.25, 0.3) is 0 Å². The quantitative estimate of drug-likeness (QED) is 0.586. The van der Waals surface area contributed by atoms with Crippen LogP contribution in [-0.2, 0) is 11.8 Å². The van der Waals surface area contributed by atoms with Crippen LogP contribution in [0.2, 0.25) is 0 Å². The first-order valence-corrected chi connectivity index (χ1v) is 6.89. The van der Waals surface area contributed by atoms with Gasteiger partial charge in [0.15, 0.2) is 0 Å². The first kappa shape index (κ1) is 16.4. The van der Waals surface area contributed by atoms with Gasteiger partial charge in [-0.25, -0.2) is 4.68 Å². The third-order valence-corrected chi connectivity index (χ3v) is 3.12. The van der Waals surface area contributed by atoms with Crippen LogP contribution in [0.5, 0.6) is 0 Å². The molecule has 1 N–H and O–H groups in total. The van der Waals surface area contributed by atoms with Gasteiger partial charge in [-0.05, 0) is 6.42 Å². The summed E-state index contributed by atoms with van der Waals surface area (Å²) in [5.74, 6) is 0.457. The van der Waals surface area contributed by atoms with E-state index in [1.807, 2.05) is 13.8 Å². The standard InChI is InChI=1S/C13H24N4O3/c1-6-7-10(8-20-5)14-13-12(17(18)19)11(9(2)3)15-16(13)4/h9-10,14H,6-8H2,1-5H3. The van der Waals surface area contributed by atoms with E-state index < -0.39 is 0 Å². The van der Waals surface area contributed by atoms with Crippen molar-refractivity contribution in [3.05, 3.63) is 15.8 Å². The predicted octanol–water partition coefficient (Wildman–Crippen LogP) is 2.68. The Labute approximate surface area is 119 Å². The minimum absolute atomic E-state index is 0.00389. The van der Waals surface area contributed by atoms with Crippen molar-refractivity contribution in [2.24, 2.45) is 7.05 Å². The van der Waals surface area contributed by atoms with Crippen LogP contribution < -0.4 is 5.32 Å². The maximum atomic E-state index is 11.3. The van der Waals surface area contributed by atoms with Gasteiger partial charge in [0.25, 0.3) is 0 Å². The molecule has 0 aliphatic carbocycles. The number of hydrogen-bond donors (Lipinski definition) is 1. The molecule has 1 rings (SSSR count). The normalized spacial score (nSPS) is 12.7. The second kappa shape index (κ2) is 7.23. The summed E-state index contributed by atoms with van der Waals surface area (Å²) in [5, 5.41) is 18.8. The molecule has 1 aromatic heterocycles. The Hall–Kier alpha value is -1.63. The van der Waals surface area contributed by atoms with Gasteiger partial charge in [0.2, 0.25) is 5.82 Å². The first-order chi connectivity index (χ1) is 9.42.